The lowest BCUT2D eigenvalue weighted by molar-refractivity contribution is -0.131. The van der Waals surface area contributed by atoms with Gasteiger partial charge in [0.05, 0.1) is 51.1 Å². The summed E-state index contributed by atoms with van der Waals surface area (Å²) in [6.07, 6.45) is 3.25. The lowest BCUT2D eigenvalue weighted by atomic mass is 9.93. The number of H-pyrrole nitrogens is 2. The SMILES string of the molecule is CCCN(Cc1ncc(-c2ccc3c(c2)COc2c-3ccc(-c3cnc(CN(CCC)C(=O)CNC(=O)OC)[nH]3)c2F)[nH]1)C(=O)CNC(=O)OC. The van der Waals surface area contributed by atoms with E-state index in [0.29, 0.717) is 42.4 Å². The number of ether oxygens (including phenoxy) is 3. The second-order valence-electron chi connectivity index (χ2n) is 11.8. The zero-order valence-electron chi connectivity index (χ0n) is 28.9. The van der Waals surface area contributed by atoms with E-state index in [4.69, 9.17) is 4.74 Å². The van der Waals surface area contributed by atoms with Gasteiger partial charge in [-0.15, -0.1) is 0 Å². The zero-order chi connectivity index (χ0) is 36.5. The number of alkyl carbamates (subject to hydrolysis) is 2. The van der Waals surface area contributed by atoms with E-state index in [2.05, 4.69) is 40.0 Å². The molecule has 0 bridgehead atoms. The van der Waals surface area contributed by atoms with Crippen molar-refractivity contribution in [3.05, 3.63) is 65.8 Å². The number of methoxy groups -OCH3 is 2. The van der Waals surface area contributed by atoms with Crippen LogP contribution in [0.2, 0.25) is 0 Å². The van der Waals surface area contributed by atoms with Gasteiger partial charge in [-0.1, -0.05) is 26.0 Å². The number of hydrogen-bond donors (Lipinski definition) is 4. The van der Waals surface area contributed by atoms with E-state index in [-0.39, 0.29) is 55.9 Å². The predicted molar refractivity (Wildman–Crippen MR) is 184 cm³/mol. The molecule has 2 aromatic carbocycles. The van der Waals surface area contributed by atoms with E-state index in [1.165, 1.54) is 20.4 Å². The van der Waals surface area contributed by atoms with Gasteiger partial charge in [0.2, 0.25) is 11.8 Å². The molecule has 0 spiro atoms. The van der Waals surface area contributed by atoms with Crippen LogP contribution >= 0.6 is 0 Å². The highest BCUT2D eigenvalue weighted by Crippen LogP contribution is 2.43. The number of aromatic nitrogens is 4. The molecule has 0 saturated heterocycles. The summed E-state index contributed by atoms with van der Waals surface area (Å²) in [5.74, 6) is 0.0773. The summed E-state index contributed by atoms with van der Waals surface area (Å²) in [5, 5.41) is 4.80. The number of fused-ring (bicyclic) bond motifs is 3. The monoisotopic (exact) mass is 704 g/mol. The first kappa shape index (κ1) is 36.4. The molecule has 0 aliphatic carbocycles. The first-order valence-corrected chi connectivity index (χ1v) is 16.5. The Morgan fingerprint density at radius 1 is 0.804 bits per heavy atom. The molecule has 0 unspecified atom stereocenters. The Kier molecular flexibility index (Phi) is 11.9. The van der Waals surface area contributed by atoms with Gasteiger partial charge in [0.1, 0.15) is 31.3 Å². The van der Waals surface area contributed by atoms with Crippen LogP contribution in [-0.4, -0.2) is 94.1 Å². The van der Waals surface area contributed by atoms with Gasteiger partial charge in [-0.05, 0) is 47.7 Å². The molecule has 4 amide bonds. The lowest BCUT2D eigenvalue weighted by Gasteiger charge is -2.23. The molecule has 0 atom stereocenters. The van der Waals surface area contributed by atoms with Gasteiger partial charge >= 0.3 is 12.2 Å². The number of carbonyl (C=O) groups excluding carboxylic acids is 4. The largest absolute Gasteiger partial charge is 0.485 e. The molecule has 2 aromatic heterocycles. The quantitative estimate of drug-likeness (QED) is 0.148. The van der Waals surface area contributed by atoms with Crippen molar-refractivity contribution in [2.24, 2.45) is 0 Å². The van der Waals surface area contributed by atoms with Gasteiger partial charge < -0.3 is 44.6 Å². The maximum absolute atomic E-state index is 16.0. The minimum absolute atomic E-state index is 0.131. The maximum atomic E-state index is 16.0. The van der Waals surface area contributed by atoms with E-state index in [0.717, 1.165) is 28.8 Å². The normalized spacial score (nSPS) is 11.5. The van der Waals surface area contributed by atoms with Crippen molar-refractivity contribution < 1.29 is 37.8 Å². The molecule has 51 heavy (non-hydrogen) atoms. The van der Waals surface area contributed by atoms with E-state index >= 15 is 4.39 Å². The molecule has 3 heterocycles. The summed E-state index contributed by atoms with van der Waals surface area (Å²) >= 11 is 0. The molecule has 5 rings (SSSR count). The predicted octanol–water partition coefficient (Wildman–Crippen LogP) is 4.35. The van der Waals surface area contributed by atoms with Crippen molar-refractivity contribution in [2.45, 2.75) is 46.4 Å². The number of halogens is 1. The Bertz CT molecular complexity index is 1890. The first-order chi connectivity index (χ1) is 24.6. The van der Waals surface area contributed by atoms with Crippen LogP contribution in [0.25, 0.3) is 33.6 Å². The van der Waals surface area contributed by atoms with Gasteiger partial charge in [-0.25, -0.2) is 23.9 Å². The van der Waals surface area contributed by atoms with Crippen molar-refractivity contribution in [2.75, 3.05) is 40.4 Å². The van der Waals surface area contributed by atoms with Crippen LogP contribution in [0.3, 0.4) is 0 Å². The average molecular weight is 705 g/mol. The fourth-order valence-corrected chi connectivity index (χ4v) is 5.73. The first-order valence-electron chi connectivity index (χ1n) is 16.5. The highest BCUT2D eigenvalue weighted by atomic mass is 19.1. The number of benzene rings is 2. The van der Waals surface area contributed by atoms with Crippen molar-refractivity contribution >= 4 is 24.0 Å². The summed E-state index contributed by atoms with van der Waals surface area (Å²) in [4.78, 5) is 66.6. The van der Waals surface area contributed by atoms with Crippen LogP contribution in [0.1, 0.15) is 43.9 Å². The van der Waals surface area contributed by atoms with Crippen molar-refractivity contribution in [3.63, 3.8) is 0 Å². The van der Waals surface area contributed by atoms with Crippen LogP contribution < -0.4 is 15.4 Å². The number of nitrogens with zero attached hydrogens (tertiary/aromatic N) is 4. The Morgan fingerprint density at radius 2 is 1.33 bits per heavy atom. The maximum Gasteiger partial charge on any atom is 0.407 e. The minimum Gasteiger partial charge on any atom is -0.485 e. The van der Waals surface area contributed by atoms with E-state index in [9.17, 15) is 19.2 Å². The van der Waals surface area contributed by atoms with Crippen LogP contribution in [0.5, 0.6) is 5.75 Å². The highest BCUT2D eigenvalue weighted by molar-refractivity contribution is 5.83. The topological polar surface area (TPSA) is 184 Å². The number of hydrogen-bond acceptors (Lipinski definition) is 9. The van der Waals surface area contributed by atoms with Crippen molar-refractivity contribution in [3.8, 4) is 39.4 Å². The van der Waals surface area contributed by atoms with Gasteiger partial charge in [0, 0.05) is 24.2 Å². The molecule has 0 saturated carbocycles. The number of nitrogens with one attached hydrogen (secondary N) is 4. The van der Waals surface area contributed by atoms with E-state index in [1.807, 2.05) is 32.0 Å². The molecule has 4 aromatic rings. The summed E-state index contributed by atoms with van der Waals surface area (Å²) in [6, 6.07) is 9.26. The van der Waals surface area contributed by atoms with Gasteiger partial charge in [-0.3, -0.25) is 9.59 Å². The Labute approximate surface area is 293 Å². The number of imidazole rings is 2. The second kappa shape index (κ2) is 16.7. The van der Waals surface area contributed by atoms with Gasteiger partial charge in [-0.2, -0.15) is 0 Å². The van der Waals surface area contributed by atoms with Crippen LogP contribution in [0, 0.1) is 5.82 Å². The number of amides is 4. The van der Waals surface area contributed by atoms with Gasteiger partial charge in [0.25, 0.3) is 0 Å². The summed E-state index contributed by atoms with van der Waals surface area (Å²) in [6.45, 7) is 4.94. The van der Waals surface area contributed by atoms with Crippen LogP contribution in [0.4, 0.5) is 14.0 Å². The second-order valence-corrected chi connectivity index (χ2v) is 11.8. The fourth-order valence-electron chi connectivity index (χ4n) is 5.73. The molecule has 0 radical (unpaired) electrons. The number of carbonyl (C=O) groups is 4. The fraction of sp³-hybridized carbons (Fsp3) is 0.371. The third-order valence-electron chi connectivity index (χ3n) is 8.24. The molecule has 0 fully saturated rings. The molecule has 4 N–H and O–H groups in total. The van der Waals surface area contributed by atoms with Crippen molar-refractivity contribution in [1.82, 2.24) is 40.4 Å². The molecular weight excluding hydrogens is 663 g/mol. The molecule has 1 aliphatic rings. The Morgan fingerprint density at radius 3 is 1.90 bits per heavy atom. The zero-order valence-corrected chi connectivity index (χ0v) is 28.9. The third kappa shape index (κ3) is 8.63. The van der Waals surface area contributed by atoms with Crippen molar-refractivity contribution in [1.29, 1.82) is 0 Å². The summed E-state index contributed by atoms with van der Waals surface area (Å²) < 4.78 is 31.0. The Balaban J connectivity index is 1.29. The van der Waals surface area contributed by atoms with E-state index < -0.39 is 18.0 Å². The standard InChI is InChI=1S/C35H41FN8O7/c1-5-11-43(30(45)16-39-34(47)49-3)18-28-37-14-26(41-28)21-7-8-23-22(13-21)20-51-33-24(23)9-10-25(32(33)36)27-15-38-29(42-27)19-44(12-6-2)31(46)17-40-35(48)50-4/h7-10,13-15H,5-6,11-12,16-20H2,1-4H3,(H,37,41)(H,38,42)(H,39,47)(H,40,48). The van der Waals surface area contributed by atoms with Crippen LogP contribution in [0.15, 0.2) is 42.7 Å². The third-order valence-corrected chi connectivity index (χ3v) is 8.24. The van der Waals surface area contributed by atoms with E-state index in [1.54, 1.807) is 28.1 Å². The lowest BCUT2D eigenvalue weighted by Crippen LogP contribution is -2.40. The number of aromatic amines is 2. The van der Waals surface area contributed by atoms with Gasteiger partial charge in [0.15, 0.2) is 11.6 Å². The molecule has 16 heteroatoms. The number of rotatable bonds is 14. The smallest absolute Gasteiger partial charge is 0.407 e. The summed E-state index contributed by atoms with van der Waals surface area (Å²) in [5.41, 5.74) is 4.61. The minimum atomic E-state index is -0.700. The Hall–Kier alpha value is -5.93. The summed E-state index contributed by atoms with van der Waals surface area (Å²) in [7, 11) is 2.46. The molecular formula is C35H41FN8O7. The molecule has 270 valence electrons. The molecule has 15 nitrogen and oxygen atoms in total. The highest BCUT2D eigenvalue weighted by Gasteiger charge is 2.25. The average Bonchev–Trinajstić information content (AvgIpc) is 3.82. The van der Waals surface area contributed by atoms with Crippen LogP contribution in [-0.2, 0) is 38.8 Å². The molecule has 1 aliphatic heterocycles.